The summed E-state index contributed by atoms with van der Waals surface area (Å²) >= 11 is 0. The van der Waals surface area contributed by atoms with Crippen LogP contribution in [0.1, 0.15) is 5.56 Å². The Kier molecular flexibility index (Phi) is 4.33. The highest BCUT2D eigenvalue weighted by molar-refractivity contribution is 5.71. The molecule has 0 radical (unpaired) electrons. The van der Waals surface area contributed by atoms with Gasteiger partial charge in [-0.15, -0.1) is 0 Å². The molecule has 0 unspecified atom stereocenters. The van der Waals surface area contributed by atoms with Crippen LogP contribution in [0.2, 0.25) is 0 Å². The first-order valence-corrected chi connectivity index (χ1v) is 7.61. The van der Waals surface area contributed by atoms with Crippen molar-refractivity contribution in [1.82, 2.24) is 0 Å². The quantitative estimate of drug-likeness (QED) is 0.647. The molecule has 0 aliphatic carbocycles. The van der Waals surface area contributed by atoms with Gasteiger partial charge in [0.1, 0.15) is 11.5 Å². The molecule has 0 aromatic heterocycles. The summed E-state index contributed by atoms with van der Waals surface area (Å²) in [7, 11) is 3.38. The highest BCUT2D eigenvalue weighted by atomic mass is 16.5. The predicted molar refractivity (Wildman–Crippen MR) is 95.2 cm³/mol. The van der Waals surface area contributed by atoms with Crippen LogP contribution in [0.5, 0.6) is 11.5 Å². The van der Waals surface area contributed by atoms with Crippen molar-refractivity contribution in [3.63, 3.8) is 0 Å². The Labute approximate surface area is 137 Å². The normalized spacial score (nSPS) is 10.4. The molecule has 0 amide bonds. The van der Waals surface area contributed by atoms with Gasteiger partial charge in [0.2, 0.25) is 0 Å². The van der Waals surface area contributed by atoms with Gasteiger partial charge in [-0.05, 0) is 59.0 Å². The van der Waals surface area contributed by atoms with E-state index in [4.69, 9.17) is 9.47 Å². The number of rotatable bonds is 4. The SMILES string of the molecule is COc1ccc(-c2ccc(-c3ccc(OC)c(C)c3)cc2)cc1. The number of hydrogen-bond donors (Lipinski definition) is 0. The first-order chi connectivity index (χ1) is 11.2. The topological polar surface area (TPSA) is 18.5 Å². The van der Waals surface area contributed by atoms with Crippen LogP contribution in [0, 0.1) is 6.92 Å². The molecule has 0 fully saturated rings. The van der Waals surface area contributed by atoms with Crippen molar-refractivity contribution in [3.05, 3.63) is 72.3 Å². The van der Waals surface area contributed by atoms with E-state index in [-0.39, 0.29) is 0 Å². The van der Waals surface area contributed by atoms with E-state index in [2.05, 4.69) is 55.5 Å². The van der Waals surface area contributed by atoms with E-state index in [1.165, 1.54) is 22.3 Å². The zero-order chi connectivity index (χ0) is 16.2. The predicted octanol–water partition coefficient (Wildman–Crippen LogP) is 5.35. The lowest BCUT2D eigenvalue weighted by molar-refractivity contribution is 0.412. The van der Waals surface area contributed by atoms with E-state index < -0.39 is 0 Å². The van der Waals surface area contributed by atoms with Crippen molar-refractivity contribution < 1.29 is 9.47 Å². The zero-order valence-corrected chi connectivity index (χ0v) is 13.7. The van der Waals surface area contributed by atoms with Gasteiger partial charge in [-0.3, -0.25) is 0 Å². The molecule has 0 aliphatic rings. The van der Waals surface area contributed by atoms with Gasteiger partial charge in [0, 0.05) is 0 Å². The maximum absolute atomic E-state index is 5.32. The van der Waals surface area contributed by atoms with Gasteiger partial charge in [-0.1, -0.05) is 42.5 Å². The molecule has 0 saturated carbocycles. The minimum atomic E-state index is 0.874. The smallest absolute Gasteiger partial charge is 0.121 e. The van der Waals surface area contributed by atoms with Crippen LogP contribution in [0.15, 0.2) is 66.7 Å². The van der Waals surface area contributed by atoms with E-state index in [0.717, 1.165) is 17.1 Å². The lowest BCUT2D eigenvalue weighted by Gasteiger charge is -2.09. The molecule has 23 heavy (non-hydrogen) atoms. The van der Waals surface area contributed by atoms with Gasteiger partial charge in [-0.2, -0.15) is 0 Å². The summed E-state index contributed by atoms with van der Waals surface area (Å²) in [6, 6.07) is 23.0. The molecule has 2 heteroatoms. The van der Waals surface area contributed by atoms with Crippen LogP contribution in [-0.2, 0) is 0 Å². The largest absolute Gasteiger partial charge is 0.497 e. The lowest BCUT2D eigenvalue weighted by Crippen LogP contribution is -1.88. The van der Waals surface area contributed by atoms with Gasteiger partial charge in [0.25, 0.3) is 0 Å². The molecular formula is C21H20O2. The minimum absolute atomic E-state index is 0.874. The first-order valence-electron chi connectivity index (χ1n) is 7.61. The second kappa shape index (κ2) is 6.57. The monoisotopic (exact) mass is 304 g/mol. The summed E-state index contributed by atoms with van der Waals surface area (Å²) in [5.41, 5.74) is 5.92. The van der Waals surface area contributed by atoms with Crippen molar-refractivity contribution in [3.8, 4) is 33.8 Å². The Hall–Kier alpha value is -2.74. The summed E-state index contributed by atoms with van der Waals surface area (Å²) in [5.74, 6) is 1.79. The van der Waals surface area contributed by atoms with E-state index >= 15 is 0 Å². The Balaban J connectivity index is 1.87. The fourth-order valence-corrected chi connectivity index (χ4v) is 2.70. The first kappa shape index (κ1) is 15.2. The Morgan fingerprint density at radius 3 is 1.52 bits per heavy atom. The van der Waals surface area contributed by atoms with Crippen LogP contribution in [0.25, 0.3) is 22.3 Å². The number of ether oxygens (including phenoxy) is 2. The number of hydrogen-bond acceptors (Lipinski definition) is 2. The molecule has 3 aromatic carbocycles. The van der Waals surface area contributed by atoms with Crippen molar-refractivity contribution in [2.24, 2.45) is 0 Å². The minimum Gasteiger partial charge on any atom is -0.497 e. The van der Waals surface area contributed by atoms with Crippen LogP contribution < -0.4 is 9.47 Å². The fourth-order valence-electron chi connectivity index (χ4n) is 2.70. The van der Waals surface area contributed by atoms with Gasteiger partial charge < -0.3 is 9.47 Å². The summed E-state index contributed by atoms with van der Waals surface area (Å²) in [4.78, 5) is 0. The molecular weight excluding hydrogens is 284 g/mol. The molecule has 0 saturated heterocycles. The third-order valence-electron chi connectivity index (χ3n) is 4.04. The molecule has 0 heterocycles. The molecule has 2 nitrogen and oxygen atoms in total. The molecule has 0 spiro atoms. The molecule has 0 aliphatic heterocycles. The molecule has 0 N–H and O–H groups in total. The number of benzene rings is 3. The van der Waals surface area contributed by atoms with Gasteiger partial charge >= 0.3 is 0 Å². The molecule has 3 rings (SSSR count). The van der Waals surface area contributed by atoms with Crippen LogP contribution in [0.4, 0.5) is 0 Å². The average Bonchev–Trinajstić information content (AvgIpc) is 2.62. The standard InChI is InChI=1S/C21H20O2/c1-15-14-19(10-13-21(15)23-3)18-6-4-16(5-7-18)17-8-11-20(22-2)12-9-17/h4-14H,1-3H3. The molecule has 0 bridgehead atoms. The van der Waals surface area contributed by atoms with Crippen LogP contribution in [-0.4, -0.2) is 14.2 Å². The van der Waals surface area contributed by atoms with Crippen LogP contribution >= 0.6 is 0 Å². The summed E-state index contributed by atoms with van der Waals surface area (Å²) in [6.07, 6.45) is 0. The number of methoxy groups -OCH3 is 2. The molecule has 0 atom stereocenters. The third kappa shape index (κ3) is 3.21. The van der Waals surface area contributed by atoms with Gasteiger partial charge in [0.05, 0.1) is 14.2 Å². The highest BCUT2D eigenvalue weighted by Crippen LogP contribution is 2.29. The zero-order valence-electron chi connectivity index (χ0n) is 13.7. The van der Waals surface area contributed by atoms with E-state index in [9.17, 15) is 0 Å². The third-order valence-corrected chi connectivity index (χ3v) is 4.04. The Morgan fingerprint density at radius 1 is 0.565 bits per heavy atom. The summed E-state index contributed by atoms with van der Waals surface area (Å²) < 4.78 is 10.5. The van der Waals surface area contributed by atoms with E-state index in [0.29, 0.717) is 0 Å². The van der Waals surface area contributed by atoms with Gasteiger partial charge in [0.15, 0.2) is 0 Å². The number of aryl methyl sites for hydroxylation is 1. The maximum Gasteiger partial charge on any atom is 0.121 e. The summed E-state index contributed by atoms with van der Waals surface area (Å²) in [5, 5.41) is 0. The highest BCUT2D eigenvalue weighted by Gasteiger charge is 2.04. The van der Waals surface area contributed by atoms with Crippen molar-refractivity contribution in [2.45, 2.75) is 6.92 Å². The van der Waals surface area contributed by atoms with Crippen molar-refractivity contribution in [2.75, 3.05) is 14.2 Å². The second-order valence-corrected chi connectivity index (χ2v) is 5.49. The Morgan fingerprint density at radius 2 is 1.04 bits per heavy atom. The van der Waals surface area contributed by atoms with E-state index in [1.54, 1.807) is 14.2 Å². The molecule has 116 valence electrons. The van der Waals surface area contributed by atoms with Crippen molar-refractivity contribution >= 4 is 0 Å². The Bertz CT molecular complexity index is 787. The second-order valence-electron chi connectivity index (χ2n) is 5.49. The van der Waals surface area contributed by atoms with Crippen molar-refractivity contribution in [1.29, 1.82) is 0 Å². The van der Waals surface area contributed by atoms with E-state index in [1.807, 2.05) is 18.2 Å². The fraction of sp³-hybridized carbons (Fsp3) is 0.143. The maximum atomic E-state index is 5.32. The molecule has 3 aromatic rings. The summed E-state index contributed by atoms with van der Waals surface area (Å²) in [6.45, 7) is 2.06. The van der Waals surface area contributed by atoms with Crippen LogP contribution in [0.3, 0.4) is 0 Å². The average molecular weight is 304 g/mol. The van der Waals surface area contributed by atoms with Gasteiger partial charge in [-0.25, -0.2) is 0 Å². The lowest BCUT2D eigenvalue weighted by atomic mass is 9.99.